The Hall–Kier alpha value is -2.58. The third-order valence-corrected chi connectivity index (χ3v) is 6.79. The van der Waals surface area contributed by atoms with Crippen molar-refractivity contribution in [1.29, 1.82) is 0 Å². The molecule has 0 bridgehead atoms. The van der Waals surface area contributed by atoms with Crippen molar-refractivity contribution in [2.24, 2.45) is 11.8 Å². The predicted octanol–water partition coefficient (Wildman–Crippen LogP) is 0.175. The normalized spacial score (nSPS) is 31.2. The quantitative estimate of drug-likeness (QED) is 0.627. The summed E-state index contributed by atoms with van der Waals surface area (Å²) in [6.45, 7) is 2.68. The van der Waals surface area contributed by atoms with E-state index in [4.69, 9.17) is 0 Å². The Kier molecular flexibility index (Phi) is 4.48. The number of nitrogens with one attached hydrogen (secondary N) is 3. The lowest BCUT2D eigenvalue weighted by molar-refractivity contribution is -0.136. The SMILES string of the molecule is O=C1CCC(N2C(=O)c3cccc(CNC4CC5CNCC5C4)c3C2=O)C(=O)N1. The molecule has 4 amide bonds. The van der Waals surface area contributed by atoms with E-state index in [0.29, 0.717) is 23.7 Å². The van der Waals surface area contributed by atoms with Crippen LogP contribution in [-0.2, 0) is 16.1 Å². The number of carbonyl (C=O) groups is 4. The van der Waals surface area contributed by atoms with Gasteiger partial charge in [-0.3, -0.25) is 29.4 Å². The van der Waals surface area contributed by atoms with E-state index in [9.17, 15) is 19.2 Å². The Bertz CT molecular complexity index is 902. The summed E-state index contributed by atoms with van der Waals surface area (Å²) >= 11 is 0. The van der Waals surface area contributed by atoms with Crippen molar-refractivity contribution in [3.05, 3.63) is 34.9 Å². The number of hydrogen-bond acceptors (Lipinski definition) is 6. The van der Waals surface area contributed by atoms with Crippen LogP contribution in [0.3, 0.4) is 0 Å². The van der Waals surface area contributed by atoms with E-state index in [2.05, 4.69) is 16.0 Å². The number of benzene rings is 1. The van der Waals surface area contributed by atoms with Gasteiger partial charge in [0.15, 0.2) is 0 Å². The molecule has 4 aliphatic rings. The van der Waals surface area contributed by atoms with Gasteiger partial charge in [-0.15, -0.1) is 0 Å². The van der Waals surface area contributed by atoms with Gasteiger partial charge in [0.25, 0.3) is 11.8 Å². The minimum atomic E-state index is -0.928. The van der Waals surface area contributed by atoms with E-state index in [0.717, 1.165) is 48.2 Å². The lowest BCUT2D eigenvalue weighted by atomic mass is 10.0. The van der Waals surface area contributed by atoms with Gasteiger partial charge in [-0.2, -0.15) is 0 Å². The molecule has 8 nitrogen and oxygen atoms in total. The number of imide groups is 2. The summed E-state index contributed by atoms with van der Waals surface area (Å²) in [4.78, 5) is 50.7. The molecule has 3 aliphatic heterocycles. The molecule has 1 aromatic carbocycles. The summed E-state index contributed by atoms with van der Waals surface area (Å²) in [5.41, 5.74) is 1.51. The third-order valence-electron chi connectivity index (χ3n) is 6.79. The Balaban J connectivity index is 1.34. The highest BCUT2D eigenvalue weighted by molar-refractivity contribution is 6.24. The molecule has 3 fully saturated rings. The zero-order chi connectivity index (χ0) is 20.1. The van der Waals surface area contributed by atoms with Gasteiger partial charge < -0.3 is 10.6 Å². The molecular weight excluding hydrogens is 372 g/mol. The standard InChI is InChI=1S/C21H24N4O4/c26-17-5-4-16(19(27)24-17)25-20(28)15-3-1-2-11(18(15)21(25)29)10-23-14-6-12-8-22-9-13(12)7-14/h1-3,12-14,16,22-23H,4-10H2,(H,24,26,27). The monoisotopic (exact) mass is 396 g/mol. The minimum absolute atomic E-state index is 0.122. The molecule has 0 spiro atoms. The largest absolute Gasteiger partial charge is 0.316 e. The summed E-state index contributed by atoms with van der Waals surface area (Å²) < 4.78 is 0. The fourth-order valence-electron chi connectivity index (χ4n) is 5.32. The van der Waals surface area contributed by atoms with Crippen LogP contribution in [0.4, 0.5) is 0 Å². The minimum Gasteiger partial charge on any atom is -0.316 e. The van der Waals surface area contributed by atoms with Crippen molar-refractivity contribution in [1.82, 2.24) is 20.9 Å². The first kappa shape index (κ1) is 18.4. The summed E-state index contributed by atoms with van der Waals surface area (Å²) in [6, 6.07) is 4.77. The maximum absolute atomic E-state index is 13.1. The first-order valence-corrected chi connectivity index (χ1v) is 10.3. The average molecular weight is 396 g/mol. The third kappa shape index (κ3) is 3.07. The molecule has 1 aromatic rings. The lowest BCUT2D eigenvalue weighted by Gasteiger charge is -2.27. The lowest BCUT2D eigenvalue weighted by Crippen LogP contribution is -2.54. The van der Waals surface area contributed by atoms with Crippen molar-refractivity contribution < 1.29 is 19.2 Å². The smallest absolute Gasteiger partial charge is 0.262 e. The van der Waals surface area contributed by atoms with Crippen LogP contribution in [0, 0.1) is 11.8 Å². The number of hydrogen-bond donors (Lipinski definition) is 3. The van der Waals surface area contributed by atoms with Gasteiger partial charge in [-0.05, 0) is 55.8 Å². The number of fused-ring (bicyclic) bond motifs is 2. The molecule has 29 heavy (non-hydrogen) atoms. The highest BCUT2D eigenvalue weighted by Crippen LogP contribution is 2.35. The van der Waals surface area contributed by atoms with Crippen molar-refractivity contribution in [2.45, 2.75) is 44.3 Å². The first-order valence-electron chi connectivity index (χ1n) is 10.3. The Morgan fingerprint density at radius 1 is 1.03 bits per heavy atom. The zero-order valence-electron chi connectivity index (χ0n) is 16.1. The van der Waals surface area contributed by atoms with Crippen LogP contribution in [-0.4, -0.2) is 53.7 Å². The Morgan fingerprint density at radius 3 is 2.52 bits per heavy atom. The molecule has 0 radical (unpaired) electrons. The van der Waals surface area contributed by atoms with Gasteiger partial charge in [0, 0.05) is 19.0 Å². The van der Waals surface area contributed by atoms with E-state index in [1.807, 2.05) is 6.07 Å². The van der Waals surface area contributed by atoms with Crippen LogP contribution < -0.4 is 16.0 Å². The maximum atomic E-state index is 13.1. The molecule has 5 rings (SSSR count). The molecule has 0 aromatic heterocycles. The average Bonchev–Trinajstić information content (AvgIpc) is 3.35. The van der Waals surface area contributed by atoms with Crippen LogP contribution in [0.25, 0.3) is 0 Å². The van der Waals surface area contributed by atoms with Gasteiger partial charge in [0.1, 0.15) is 6.04 Å². The second kappa shape index (κ2) is 7.03. The molecule has 3 heterocycles. The highest BCUT2D eigenvalue weighted by atomic mass is 16.2. The molecular formula is C21H24N4O4. The van der Waals surface area contributed by atoms with E-state index >= 15 is 0 Å². The Labute approximate surface area is 168 Å². The number of amides is 4. The van der Waals surface area contributed by atoms with Crippen LogP contribution in [0.2, 0.25) is 0 Å². The van der Waals surface area contributed by atoms with Crippen molar-refractivity contribution in [3.63, 3.8) is 0 Å². The zero-order valence-corrected chi connectivity index (χ0v) is 16.1. The van der Waals surface area contributed by atoms with Crippen molar-refractivity contribution in [2.75, 3.05) is 13.1 Å². The fourth-order valence-corrected chi connectivity index (χ4v) is 5.32. The molecule has 1 saturated carbocycles. The Morgan fingerprint density at radius 2 is 1.79 bits per heavy atom. The second-order valence-electron chi connectivity index (χ2n) is 8.51. The fraction of sp³-hybridized carbons (Fsp3) is 0.524. The van der Waals surface area contributed by atoms with Gasteiger partial charge in [-0.1, -0.05) is 12.1 Å². The van der Waals surface area contributed by atoms with Gasteiger partial charge in [-0.25, -0.2) is 0 Å². The van der Waals surface area contributed by atoms with Crippen LogP contribution in [0.1, 0.15) is 52.0 Å². The second-order valence-corrected chi connectivity index (χ2v) is 8.51. The first-order chi connectivity index (χ1) is 14.0. The maximum Gasteiger partial charge on any atom is 0.262 e. The van der Waals surface area contributed by atoms with Crippen molar-refractivity contribution in [3.8, 4) is 0 Å². The summed E-state index contributed by atoms with van der Waals surface area (Å²) in [5.74, 6) is -0.404. The van der Waals surface area contributed by atoms with Crippen LogP contribution >= 0.6 is 0 Å². The van der Waals surface area contributed by atoms with E-state index in [1.165, 1.54) is 0 Å². The van der Waals surface area contributed by atoms with Crippen LogP contribution in [0.15, 0.2) is 18.2 Å². The summed E-state index contributed by atoms with van der Waals surface area (Å²) in [5, 5.41) is 9.23. The molecule has 152 valence electrons. The molecule has 1 aliphatic carbocycles. The summed E-state index contributed by atoms with van der Waals surface area (Å²) in [7, 11) is 0. The molecule has 3 N–H and O–H groups in total. The van der Waals surface area contributed by atoms with Gasteiger partial charge in [0.2, 0.25) is 11.8 Å². The highest BCUT2D eigenvalue weighted by Gasteiger charge is 2.45. The summed E-state index contributed by atoms with van der Waals surface area (Å²) in [6.07, 6.45) is 2.55. The topological polar surface area (TPSA) is 108 Å². The number of nitrogens with zero attached hydrogens (tertiary/aromatic N) is 1. The van der Waals surface area contributed by atoms with Crippen molar-refractivity contribution >= 4 is 23.6 Å². The van der Waals surface area contributed by atoms with E-state index < -0.39 is 23.8 Å². The molecule has 3 unspecified atom stereocenters. The molecule has 3 atom stereocenters. The molecule has 2 saturated heterocycles. The van der Waals surface area contributed by atoms with E-state index in [-0.39, 0.29) is 18.7 Å². The number of carbonyl (C=O) groups excluding carboxylic acids is 4. The van der Waals surface area contributed by atoms with E-state index in [1.54, 1.807) is 12.1 Å². The number of rotatable bonds is 4. The van der Waals surface area contributed by atoms with Gasteiger partial charge in [0.05, 0.1) is 11.1 Å². The van der Waals surface area contributed by atoms with Crippen LogP contribution in [0.5, 0.6) is 0 Å². The number of piperidine rings is 1. The predicted molar refractivity (Wildman–Crippen MR) is 103 cm³/mol. The molecule has 8 heteroatoms. The van der Waals surface area contributed by atoms with Gasteiger partial charge >= 0.3 is 0 Å².